The number of anilines is 1. The minimum atomic E-state index is -0.0803. The minimum Gasteiger partial charge on any atom is -0.369 e. The Kier molecular flexibility index (Phi) is 5.72. The molecule has 0 aliphatic carbocycles. The monoisotopic (exact) mass is 411 g/mol. The summed E-state index contributed by atoms with van der Waals surface area (Å²) in [5, 5.41) is 3.29. The summed E-state index contributed by atoms with van der Waals surface area (Å²) >= 11 is 0. The number of hydrogen-bond acceptors (Lipinski definition) is 3. The first-order valence-corrected chi connectivity index (χ1v) is 11.3. The van der Waals surface area contributed by atoms with E-state index in [1.165, 1.54) is 16.8 Å². The van der Waals surface area contributed by atoms with Crippen LogP contribution >= 0.6 is 0 Å². The van der Waals surface area contributed by atoms with Gasteiger partial charge in [-0.25, -0.2) is 0 Å². The molecule has 0 radical (unpaired) electrons. The zero-order chi connectivity index (χ0) is 21.0. The number of nitrogens with zero attached hydrogens (tertiary/aromatic N) is 2. The lowest BCUT2D eigenvalue weighted by molar-refractivity contribution is -0.124. The third kappa shape index (κ3) is 4.21. The topological polar surface area (TPSA) is 35.6 Å². The van der Waals surface area contributed by atoms with Gasteiger partial charge >= 0.3 is 0 Å². The molecule has 2 aliphatic heterocycles. The van der Waals surface area contributed by atoms with Crippen molar-refractivity contribution in [1.29, 1.82) is 0 Å². The summed E-state index contributed by atoms with van der Waals surface area (Å²) in [6.45, 7) is 5.10. The molecule has 2 aliphatic rings. The van der Waals surface area contributed by atoms with Crippen molar-refractivity contribution in [3.8, 4) is 0 Å². The number of piperazine rings is 1. The molecule has 158 valence electrons. The average molecular weight is 412 g/mol. The van der Waals surface area contributed by atoms with E-state index < -0.39 is 0 Å². The summed E-state index contributed by atoms with van der Waals surface area (Å²) in [6.07, 6.45) is 0.857. The molecule has 4 heteroatoms. The third-order valence-electron chi connectivity index (χ3n) is 6.65. The fraction of sp³-hybridized carbons (Fsp3) is 0.296. The second-order valence-corrected chi connectivity index (χ2v) is 8.49. The van der Waals surface area contributed by atoms with Gasteiger partial charge in [-0.15, -0.1) is 0 Å². The Morgan fingerprint density at radius 2 is 1.35 bits per heavy atom. The van der Waals surface area contributed by atoms with Crippen molar-refractivity contribution in [3.05, 3.63) is 102 Å². The molecule has 31 heavy (non-hydrogen) atoms. The Labute approximate surface area is 184 Å². The lowest BCUT2D eigenvalue weighted by Crippen LogP contribution is -2.47. The summed E-state index contributed by atoms with van der Waals surface area (Å²) in [7, 11) is 0. The van der Waals surface area contributed by atoms with Gasteiger partial charge in [-0.2, -0.15) is 0 Å². The number of fused-ring (bicyclic) bond motifs is 1. The van der Waals surface area contributed by atoms with Gasteiger partial charge in [-0.3, -0.25) is 9.69 Å². The lowest BCUT2D eigenvalue weighted by Gasteiger charge is -2.37. The summed E-state index contributed by atoms with van der Waals surface area (Å²) in [5.41, 5.74) is 4.85. The highest BCUT2D eigenvalue weighted by atomic mass is 16.2. The van der Waals surface area contributed by atoms with E-state index in [0.29, 0.717) is 0 Å². The van der Waals surface area contributed by atoms with Crippen molar-refractivity contribution < 1.29 is 4.79 Å². The molecule has 0 spiro atoms. The van der Waals surface area contributed by atoms with E-state index in [9.17, 15) is 4.79 Å². The van der Waals surface area contributed by atoms with Crippen LogP contribution in [0.3, 0.4) is 0 Å². The molecular weight excluding hydrogens is 382 g/mol. The maximum atomic E-state index is 13.1. The predicted molar refractivity (Wildman–Crippen MR) is 125 cm³/mol. The second-order valence-electron chi connectivity index (χ2n) is 8.49. The lowest BCUT2D eigenvalue weighted by atomic mass is 9.82. The van der Waals surface area contributed by atoms with Gasteiger partial charge in [0.1, 0.15) is 0 Å². The number of rotatable bonds is 5. The predicted octanol–water partition coefficient (Wildman–Crippen LogP) is 4.20. The summed E-state index contributed by atoms with van der Waals surface area (Å²) < 4.78 is 0. The molecule has 2 heterocycles. The van der Waals surface area contributed by atoms with Gasteiger partial charge in [-0.1, -0.05) is 72.8 Å². The van der Waals surface area contributed by atoms with Crippen molar-refractivity contribution in [1.82, 2.24) is 10.2 Å². The Bertz CT molecular complexity index is 1010. The number of hydrogen-bond donors (Lipinski definition) is 1. The number of carbonyl (C=O) groups is 1. The molecule has 2 unspecified atom stereocenters. The van der Waals surface area contributed by atoms with Crippen LogP contribution in [0.25, 0.3) is 0 Å². The van der Waals surface area contributed by atoms with Gasteiger partial charge in [0.05, 0.1) is 12.0 Å². The van der Waals surface area contributed by atoms with Crippen molar-refractivity contribution >= 4 is 11.6 Å². The molecule has 4 nitrogen and oxygen atoms in total. The minimum absolute atomic E-state index is 0.0597. The van der Waals surface area contributed by atoms with Crippen molar-refractivity contribution in [2.45, 2.75) is 18.4 Å². The SMILES string of the molecule is O=C1NC(c2ccccc2)c2ccccc2C1CCN1CCN(c2ccccc2)CC1. The first kappa shape index (κ1) is 19.8. The Morgan fingerprint density at radius 3 is 2.06 bits per heavy atom. The molecule has 3 aromatic rings. The van der Waals surface area contributed by atoms with E-state index in [4.69, 9.17) is 0 Å². The number of nitrogens with one attached hydrogen (secondary N) is 1. The highest BCUT2D eigenvalue weighted by Gasteiger charge is 2.33. The van der Waals surface area contributed by atoms with Gasteiger partial charge in [0.25, 0.3) is 0 Å². The zero-order valence-electron chi connectivity index (χ0n) is 17.8. The molecular formula is C27H29N3O. The molecule has 0 saturated carbocycles. The van der Waals surface area contributed by atoms with Crippen LogP contribution in [-0.4, -0.2) is 43.5 Å². The fourth-order valence-electron chi connectivity index (χ4n) is 4.93. The Morgan fingerprint density at radius 1 is 0.742 bits per heavy atom. The molecule has 2 atom stereocenters. The van der Waals surface area contributed by atoms with E-state index in [0.717, 1.165) is 44.7 Å². The van der Waals surface area contributed by atoms with E-state index in [-0.39, 0.29) is 17.9 Å². The van der Waals surface area contributed by atoms with Crippen LogP contribution < -0.4 is 10.2 Å². The summed E-state index contributed by atoms with van der Waals surface area (Å²) in [5.74, 6) is 0.0683. The van der Waals surface area contributed by atoms with Crippen molar-refractivity contribution in [2.24, 2.45) is 0 Å². The van der Waals surface area contributed by atoms with Crippen LogP contribution in [0, 0.1) is 0 Å². The van der Waals surface area contributed by atoms with Crippen LogP contribution in [0.4, 0.5) is 5.69 Å². The van der Waals surface area contributed by atoms with E-state index in [2.05, 4.69) is 81.8 Å². The van der Waals surface area contributed by atoms with Crippen LogP contribution in [-0.2, 0) is 4.79 Å². The molecule has 1 amide bonds. The van der Waals surface area contributed by atoms with Crippen molar-refractivity contribution in [3.63, 3.8) is 0 Å². The zero-order valence-corrected chi connectivity index (χ0v) is 17.8. The van der Waals surface area contributed by atoms with Crippen molar-refractivity contribution in [2.75, 3.05) is 37.6 Å². The Balaban J connectivity index is 1.25. The Hall–Kier alpha value is -3.11. The fourth-order valence-corrected chi connectivity index (χ4v) is 4.93. The molecule has 0 bridgehead atoms. The number of amides is 1. The largest absolute Gasteiger partial charge is 0.369 e. The van der Waals surface area contributed by atoms with Gasteiger partial charge in [0.15, 0.2) is 0 Å². The van der Waals surface area contributed by atoms with Gasteiger partial charge in [0, 0.05) is 31.9 Å². The molecule has 1 N–H and O–H groups in total. The molecule has 5 rings (SSSR count). The van der Waals surface area contributed by atoms with Crippen LogP contribution in [0.15, 0.2) is 84.9 Å². The molecule has 3 aromatic carbocycles. The number of benzene rings is 3. The molecule has 1 fully saturated rings. The van der Waals surface area contributed by atoms with E-state index >= 15 is 0 Å². The van der Waals surface area contributed by atoms with Gasteiger partial charge in [-0.05, 0) is 41.8 Å². The van der Waals surface area contributed by atoms with E-state index in [1.54, 1.807) is 0 Å². The number of carbonyl (C=O) groups excluding carboxylic acids is 1. The highest BCUT2D eigenvalue weighted by molar-refractivity contribution is 5.87. The number of para-hydroxylation sites is 1. The third-order valence-corrected chi connectivity index (χ3v) is 6.65. The van der Waals surface area contributed by atoms with Gasteiger partial charge < -0.3 is 10.2 Å². The quantitative estimate of drug-likeness (QED) is 0.683. The smallest absolute Gasteiger partial charge is 0.228 e. The van der Waals surface area contributed by atoms with E-state index in [1.807, 2.05) is 18.2 Å². The van der Waals surface area contributed by atoms with Crippen LogP contribution in [0.2, 0.25) is 0 Å². The van der Waals surface area contributed by atoms with Crippen LogP contribution in [0.5, 0.6) is 0 Å². The first-order valence-electron chi connectivity index (χ1n) is 11.3. The highest BCUT2D eigenvalue weighted by Crippen LogP contribution is 2.36. The summed E-state index contributed by atoms with van der Waals surface area (Å²) in [6, 6.07) is 29.3. The van der Waals surface area contributed by atoms with Gasteiger partial charge in [0.2, 0.25) is 5.91 Å². The molecule has 0 aromatic heterocycles. The normalized spacial score (nSPS) is 21.4. The maximum absolute atomic E-state index is 13.1. The standard InChI is InChI=1S/C27H29N3O/c31-27-25(15-16-29-17-19-30(20-18-29)22-11-5-2-6-12-22)23-13-7-8-14-24(23)26(28-27)21-9-3-1-4-10-21/h1-14,25-26H,15-20H2,(H,28,31). The first-order chi connectivity index (χ1) is 15.3. The maximum Gasteiger partial charge on any atom is 0.228 e. The summed E-state index contributed by atoms with van der Waals surface area (Å²) in [4.78, 5) is 18.1. The van der Waals surface area contributed by atoms with Crippen LogP contribution in [0.1, 0.15) is 35.1 Å². The molecule has 1 saturated heterocycles. The second kappa shape index (κ2) is 8.94. The average Bonchev–Trinajstić information content (AvgIpc) is 2.84.